The fourth-order valence-corrected chi connectivity index (χ4v) is 5.37. The maximum absolute atomic E-state index is 13.0. The van der Waals surface area contributed by atoms with Gasteiger partial charge in [0.25, 0.3) is 5.56 Å². The minimum atomic E-state index is -0.319. The van der Waals surface area contributed by atoms with E-state index in [1.807, 2.05) is 0 Å². The molecule has 10 nitrogen and oxygen atoms in total. The number of hydrogen-bond acceptors (Lipinski definition) is 9. The highest BCUT2D eigenvalue weighted by Gasteiger charge is 2.26. The summed E-state index contributed by atoms with van der Waals surface area (Å²) in [6, 6.07) is 10.6. The molecule has 4 heterocycles. The molecule has 2 N–H and O–H groups in total. The van der Waals surface area contributed by atoms with E-state index in [9.17, 15) is 9.90 Å². The largest absolute Gasteiger partial charge is 0.393 e. The van der Waals surface area contributed by atoms with Crippen molar-refractivity contribution in [2.75, 3.05) is 40.9 Å². The quantitative estimate of drug-likeness (QED) is 0.522. The van der Waals surface area contributed by atoms with Crippen molar-refractivity contribution in [2.45, 2.75) is 58.1 Å². The molecule has 2 aliphatic heterocycles. The van der Waals surface area contributed by atoms with Crippen molar-refractivity contribution >= 4 is 34.0 Å². The van der Waals surface area contributed by atoms with Crippen LogP contribution in [0.2, 0.25) is 0 Å². The maximum Gasteiger partial charge on any atom is 0.277 e. The molecule has 0 spiro atoms. The number of aromatic nitrogens is 4. The van der Waals surface area contributed by atoms with E-state index < -0.39 is 0 Å². The van der Waals surface area contributed by atoms with E-state index in [4.69, 9.17) is 15.2 Å². The molecule has 3 aromatic rings. The summed E-state index contributed by atoms with van der Waals surface area (Å²) in [5, 5.41) is 25.9. The lowest BCUT2D eigenvalue weighted by Gasteiger charge is -2.34. The first kappa shape index (κ1) is 25.0. The Balaban J connectivity index is 1.51. The number of hydrogen-bond donors (Lipinski definition) is 2. The van der Waals surface area contributed by atoms with Crippen LogP contribution >= 0.6 is 0 Å². The van der Waals surface area contributed by atoms with Crippen LogP contribution in [0.3, 0.4) is 0 Å². The summed E-state index contributed by atoms with van der Waals surface area (Å²) in [4.78, 5) is 29.2. The van der Waals surface area contributed by atoms with Crippen LogP contribution in [0.5, 0.6) is 0 Å². The van der Waals surface area contributed by atoms with Crippen molar-refractivity contribution in [3.8, 4) is 6.07 Å². The third-order valence-electron chi connectivity index (χ3n) is 7.47. The molecule has 0 aliphatic carbocycles. The van der Waals surface area contributed by atoms with Gasteiger partial charge in [-0.2, -0.15) is 15.3 Å². The zero-order chi connectivity index (χ0) is 25.9. The molecule has 0 bridgehead atoms. The summed E-state index contributed by atoms with van der Waals surface area (Å²) >= 11 is 0. The number of aromatic amines is 1. The maximum atomic E-state index is 13.0. The van der Waals surface area contributed by atoms with Gasteiger partial charge in [-0.3, -0.25) is 4.79 Å². The molecule has 2 fully saturated rings. The molecule has 37 heavy (non-hydrogen) atoms. The first-order valence-corrected chi connectivity index (χ1v) is 13.1. The van der Waals surface area contributed by atoms with Crippen LogP contribution in [0.25, 0.3) is 10.9 Å². The Morgan fingerprint density at radius 3 is 2.41 bits per heavy atom. The van der Waals surface area contributed by atoms with E-state index >= 15 is 0 Å². The van der Waals surface area contributed by atoms with Gasteiger partial charge in [-0.1, -0.05) is 0 Å². The molecule has 0 radical (unpaired) electrons. The molecule has 194 valence electrons. The second kappa shape index (κ2) is 10.7. The van der Waals surface area contributed by atoms with Gasteiger partial charge in [-0.05, 0) is 69.7 Å². The number of piperidine rings is 2. The summed E-state index contributed by atoms with van der Waals surface area (Å²) in [6.45, 7) is 7.37. The molecule has 2 aromatic heterocycles. The average molecular weight is 503 g/mol. The first-order chi connectivity index (χ1) is 17.9. The van der Waals surface area contributed by atoms with Crippen LogP contribution in [-0.4, -0.2) is 63.6 Å². The van der Waals surface area contributed by atoms with Crippen LogP contribution < -0.4 is 20.3 Å². The second-order valence-electron chi connectivity index (χ2n) is 10.3. The number of aliphatic hydroxyl groups is 1. The summed E-state index contributed by atoms with van der Waals surface area (Å²) in [5.74, 6) is 1.55. The van der Waals surface area contributed by atoms with Gasteiger partial charge in [0, 0.05) is 50.0 Å². The Hall–Kier alpha value is -3.71. The van der Waals surface area contributed by atoms with Crippen LogP contribution in [0.15, 0.2) is 35.3 Å². The van der Waals surface area contributed by atoms with Crippen LogP contribution in [0.1, 0.15) is 46.0 Å². The molecule has 0 amide bonds. The van der Waals surface area contributed by atoms with Crippen LogP contribution in [0.4, 0.5) is 23.1 Å². The standard InChI is InChI=1S/C27H34N8O2/c1-18(2)35(21-5-3-20(4-6-21)33-15-10-22(36)11-16-33)25-24-23(17-29-32-26(24)37)30-27(31-25)34-13-8-19(7-12-28)9-14-34/h3-6,17-19,22,36H,7-11,13-16H2,1-2H3,(H,32,37). The fourth-order valence-electron chi connectivity index (χ4n) is 5.37. The average Bonchev–Trinajstić information content (AvgIpc) is 2.90. The lowest BCUT2D eigenvalue weighted by molar-refractivity contribution is 0.145. The number of benzene rings is 1. The summed E-state index contributed by atoms with van der Waals surface area (Å²) in [7, 11) is 0. The Morgan fingerprint density at radius 2 is 1.76 bits per heavy atom. The summed E-state index contributed by atoms with van der Waals surface area (Å²) < 4.78 is 0. The number of rotatable bonds is 6. The molecule has 5 rings (SSSR count). The molecule has 1 aromatic carbocycles. The van der Waals surface area contributed by atoms with Gasteiger partial charge >= 0.3 is 0 Å². The van der Waals surface area contributed by atoms with Crippen molar-refractivity contribution < 1.29 is 5.11 Å². The van der Waals surface area contributed by atoms with Gasteiger partial charge in [0.15, 0.2) is 5.82 Å². The van der Waals surface area contributed by atoms with Crippen molar-refractivity contribution in [3.63, 3.8) is 0 Å². The van der Waals surface area contributed by atoms with Gasteiger partial charge in [-0.25, -0.2) is 10.1 Å². The van der Waals surface area contributed by atoms with E-state index in [1.54, 1.807) is 6.20 Å². The van der Waals surface area contributed by atoms with E-state index in [0.29, 0.717) is 35.0 Å². The van der Waals surface area contributed by atoms with E-state index in [0.717, 1.165) is 63.2 Å². The van der Waals surface area contributed by atoms with Gasteiger partial charge < -0.3 is 19.8 Å². The number of nitrogens with one attached hydrogen (secondary N) is 1. The third kappa shape index (κ3) is 5.23. The minimum absolute atomic E-state index is 0.0239. The predicted octanol–water partition coefficient (Wildman–Crippen LogP) is 3.35. The van der Waals surface area contributed by atoms with Gasteiger partial charge in [0.1, 0.15) is 10.9 Å². The second-order valence-corrected chi connectivity index (χ2v) is 10.3. The molecule has 2 aliphatic rings. The minimum Gasteiger partial charge on any atom is -0.393 e. The lowest BCUT2D eigenvalue weighted by Crippen LogP contribution is -2.36. The van der Waals surface area contributed by atoms with Crippen molar-refractivity contribution in [2.24, 2.45) is 5.92 Å². The SMILES string of the molecule is CC(C)N(c1ccc(N2CCC(O)CC2)cc1)c1nc(N2CCC(CC#N)CC2)nc2cn[nH]c(=O)c12. The molecule has 0 unspecified atom stereocenters. The third-order valence-corrected chi connectivity index (χ3v) is 7.47. The van der Waals surface area contributed by atoms with E-state index in [-0.39, 0.29) is 17.7 Å². The molecule has 2 saturated heterocycles. The summed E-state index contributed by atoms with van der Waals surface area (Å²) in [6.07, 6.45) is 5.34. The van der Waals surface area contributed by atoms with E-state index in [1.165, 1.54) is 0 Å². The number of aliphatic hydroxyl groups excluding tert-OH is 1. The molecule has 10 heteroatoms. The number of nitrogens with zero attached hydrogens (tertiary/aromatic N) is 7. The highest BCUT2D eigenvalue weighted by atomic mass is 16.3. The topological polar surface area (TPSA) is 125 Å². The van der Waals surface area contributed by atoms with E-state index in [2.05, 4.69) is 69.1 Å². The number of anilines is 4. The van der Waals surface area contributed by atoms with Crippen LogP contribution in [0, 0.1) is 17.2 Å². The van der Waals surface area contributed by atoms with Crippen molar-refractivity contribution in [3.05, 3.63) is 40.8 Å². The van der Waals surface area contributed by atoms with Crippen molar-refractivity contribution in [1.82, 2.24) is 20.2 Å². The number of fused-ring (bicyclic) bond motifs is 1. The molecular weight excluding hydrogens is 468 g/mol. The Labute approximate surface area is 216 Å². The normalized spacial score (nSPS) is 17.4. The molecule has 0 atom stereocenters. The monoisotopic (exact) mass is 502 g/mol. The number of nitriles is 1. The highest BCUT2D eigenvalue weighted by molar-refractivity contribution is 5.91. The smallest absolute Gasteiger partial charge is 0.277 e. The molecular formula is C27H34N8O2. The van der Waals surface area contributed by atoms with Gasteiger partial charge in [0.05, 0.1) is 18.4 Å². The fraction of sp³-hybridized carbons (Fsp3) is 0.519. The van der Waals surface area contributed by atoms with Gasteiger partial charge in [0.2, 0.25) is 5.95 Å². The zero-order valence-electron chi connectivity index (χ0n) is 21.5. The number of H-pyrrole nitrogens is 1. The summed E-state index contributed by atoms with van der Waals surface area (Å²) in [5.41, 5.74) is 2.25. The Kier molecular flexibility index (Phi) is 7.24. The lowest BCUT2D eigenvalue weighted by atomic mass is 9.94. The Morgan fingerprint density at radius 1 is 1.08 bits per heavy atom. The van der Waals surface area contributed by atoms with Crippen LogP contribution in [-0.2, 0) is 0 Å². The molecule has 0 saturated carbocycles. The first-order valence-electron chi connectivity index (χ1n) is 13.1. The van der Waals surface area contributed by atoms with Gasteiger partial charge in [-0.15, -0.1) is 0 Å². The zero-order valence-corrected chi connectivity index (χ0v) is 21.5. The Bertz CT molecular complexity index is 1320. The van der Waals surface area contributed by atoms with Crippen molar-refractivity contribution in [1.29, 1.82) is 5.26 Å². The predicted molar refractivity (Wildman–Crippen MR) is 144 cm³/mol. The highest BCUT2D eigenvalue weighted by Crippen LogP contribution is 2.34.